The molecule has 0 bridgehead atoms. The Morgan fingerprint density at radius 2 is 2.14 bits per heavy atom. The Labute approximate surface area is 130 Å². The predicted octanol–water partition coefficient (Wildman–Crippen LogP) is 1.52. The molecule has 0 radical (unpaired) electrons. The van der Waals surface area contributed by atoms with E-state index in [2.05, 4.69) is 9.97 Å². The van der Waals surface area contributed by atoms with Crippen LogP contribution >= 0.6 is 0 Å². The molecule has 2 aliphatic heterocycles. The van der Waals surface area contributed by atoms with Crippen LogP contribution in [-0.2, 0) is 9.47 Å². The van der Waals surface area contributed by atoms with Gasteiger partial charge in [0.1, 0.15) is 0 Å². The number of likely N-dealkylation sites (tertiary alicyclic amines) is 1. The second kappa shape index (κ2) is 6.71. The average Bonchev–Trinajstić information content (AvgIpc) is 2.96. The first-order chi connectivity index (χ1) is 10.7. The molecule has 1 atom stereocenters. The lowest BCUT2D eigenvalue weighted by Crippen LogP contribution is -2.44. The third-order valence-corrected chi connectivity index (χ3v) is 4.66. The Morgan fingerprint density at radius 1 is 1.41 bits per heavy atom. The number of carbonyl (C=O) groups excluding carboxylic acids is 1. The third-order valence-electron chi connectivity index (χ3n) is 4.66. The first kappa shape index (κ1) is 15.4. The van der Waals surface area contributed by atoms with Crippen LogP contribution in [0.25, 0.3) is 0 Å². The van der Waals surface area contributed by atoms with Gasteiger partial charge >= 0.3 is 0 Å². The number of hydrogen-bond donors (Lipinski definition) is 0. The van der Waals surface area contributed by atoms with E-state index in [1.54, 1.807) is 18.5 Å². The van der Waals surface area contributed by atoms with Gasteiger partial charge in [0.05, 0.1) is 19.3 Å². The fraction of sp³-hybridized carbons (Fsp3) is 0.688. The van der Waals surface area contributed by atoms with Gasteiger partial charge in [0.2, 0.25) is 5.82 Å². The highest BCUT2D eigenvalue weighted by Crippen LogP contribution is 2.42. The Morgan fingerprint density at radius 3 is 2.82 bits per heavy atom. The molecule has 1 aromatic rings. The SMILES string of the molecule is CCOC[C@@H]1CC2(CCN(C(=O)c3ncccn3)CC2)CO1. The monoisotopic (exact) mass is 305 g/mol. The van der Waals surface area contributed by atoms with Gasteiger partial charge in [0, 0.05) is 32.1 Å². The lowest BCUT2D eigenvalue weighted by atomic mass is 9.76. The van der Waals surface area contributed by atoms with Gasteiger partial charge in [0.25, 0.3) is 5.91 Å². The van der Waals surface area contributed by atoms with Crippen LogP contribution in [0.1, 0.15) is 36.8 Å². The van der Waals surface area contributed by atoms with Gasteiger partial charge in [-0.25, -0.2) is 9.97 Å². The van der Waals surface area contributed by atoms with E-state index in [4.69, 9.17) is 9.47 Å². The van der Waals surface area contributed by atoms with Crippen LogP contribution in [0.15, 0.2) is 18.5 Å². The third kappa shape index (κ3) is 3.28. The Bertz CT molecular complexity index is 501. The van der Waals surface area contributed by atoms with E-state index in [-0.39, 0.29) is 23.3 Å². The molecular formula is C16H23N3O3. The molecule has 0 N–H and O–H groups in total. The second-order valence-corrected chi connectivity index (χ2v) is 6.16. The lowest BCUT2D eigenvalue weighted by Gasteiger charge is -2.38. The first-order valence-corrected chi connectivity index (χ1v) is 7.98. The van der Waals surface area contributed by atoms with Gasteiger partial charge in [-0.05, 0) is 37.7 Å². The summed E-state index contributed by atoms with van der Waals surface area (Å²) in [7, 11) is 0. The van der Waals surface area contributed by atoms with E-state index >= 15 is 0 Å². The van der Waals surface area contributed by atoms with Crippen molar-refractivity contribution in [2.75, 3.05) is 32.9 Å². The van der Waals surface area contributed by atoms with Crippen molar-refractivity contribution in [3.63, 3.8) is 0 Å². The van der Waals surface area contributed by atoms with Crippen LogP contribution in [0.4, 0.5) is 0 Å². The van der Waals surface area contributed by atoms with Gasteiger partial charge in [-0.1, -0.05) is 0 Å². The minimum absolute atomic E-state index is 0.0692. The first-order valence-electron chi connectivity index (χ1n) is 7.98. The fourth-order valence-electron chi connectivity index (χ4n) is 3.34. The van der Waals surface area contributed by atoms with E-state index < -0.39 is 0 Å². The summed E-state index contributed by atoms with van der Waals surface area (Å²) in [4.78, 5) is 22.3. The summed E-state index contributed by atoms with van der Waals surface area (Å²) in [6, 6.07) is 1.72. The molecule has 2 saturated heterocycles. The van der Waals surface area contributed by atoms with Crippen LogP contribution in [0.2, 0.25) is 0 Å². The molecular weight excluding hydrogens is 282 g/mol. The Balaban J connectivity index is 1.54. The minimum Gasteiger partial charge on any atom is -0.379 e. The van der Waals surface area contributed by atoms with E-state index in [0.717, 1.165) is 45.6 Å². The van der Waals surface area contributed by atoms with Crippen molar-refractivity contribution in [3.8, 4) is 0 Å². The Hall–Kier alpha value is -1.53. The van der Waals surface area contributed by atoms with Crippen molar-refractivity contribution < 1.29 is 14.3 Å². The molecule has 1 spiro atoms. The molecule has 1 amide bonds. The summed E-state index contributed by atoms with van der Waals surface area (Å²) in [5.41, 5.74) is 0.218. The average molecular weight is 305 g/mol. The van der Waals surface area contributed by atoms with Crippen LogP contribution in [0.3, 0.4) is 0 Å². The highest BCUT2D eigenvalue weighted by molar-refractivity contribution is 5.90. The number of rotatable bonds is 4. The van der Waals surface area contributed by atoms with Crippen molar-refractivity contribution in [1.29, 1.82) is 0 Å². The van der Waals surface area contributed by atoms with E-state index in [9.17, 15) is 4.79 Å². The molecule has 120 valence electrons. The molecule has 0 unspecified atom stereocenters. The topological polar surface area (TPSA) is 64.5 Å². The highest BCUT2D eigenvalue weighted by atomic mass is 16.5. The fourth-order valence-corrected chi connectivity index (χ4v) is 3.34. The van der Waals surface area contributed by atoms with Gasteiger partial charge < -0.3 is 14.4 Å². The smallest absolute Gasteiger partial charge is 0.291 e. The molecule has 6 heteroatoms. The molecule has 0 aliphatic carbocycles. The molecule has 3 rings (SSSR count). The zero-order valence-electron chi connectivity index (χ0n) is 13.0. The number of aromatic nitrogens is 2. The van der Waals surface area contributed by atoms with Gasteiger partial charge in [-0.2, -0.15) is 0 Å². The summed E-state index contributed by atoms with van der Waals surface area (Å²) < 4.78 is 11.3. The summed E-state index contributed by atoms with van der Waals surface area (Å²) in [5.74, 6) is 0.218. The maximum absolute atomic E-state index is 12.4. The zero-order valence-corrected chi connectivity index (χ0v) is 13.0. The zero-order chi connectivity index (χ0) is 15.4. The van der Waals surface area contributed by atoms with Crippen molar-refractivity contribution in [2.45, 2.75) is 32.3 Å². The largest absolute Gasteiger partial charge is 0.379 e. The number of amides is 1. The van der Waals surface area contributed by atoms with Crippen LogP contribution in [-0.4, -0.2) is 59.8 Å². The number of piperidine rings is 1. The molecule has 3 heterocycles. The van der Waals surface area contributed by atoms with Gasteiger partial charge in [-0.15, -0.1) is 0 Å². The number of ether oxygens (including phenoxy) is 2. The van der Waals surface area contributed by atoms with Gasteiger partial charge in [0.15, 0.2) is 0 Å². The summed E-state index contributed by atoms with van der Waals surface area (Å²) >= 11 is 0. The molecule has 2 fully saturated rings. The second-order valence-electron chi connectivity index (χ2n) is 6.16. The van der Waals surface area contributed by atoms with Crippen molar-refractivity contribution >= 4 is 5.91 Å². The van der Waals surface area contributed by atoms with E-state index in [0.29, 0.717) is 6.61 Å². The van der Waals surface area contributed by atoms with Crippen molar-refractivity contribution in [2.24, 2.45) is 5.41 Å². The number of hydrogen-bond acceptors (Lipinski definition) is 5. The molecule has 0 saturated carbocycles. The normalized spacial score (nSPS) is 23.9. The number of nitrogens with zero attached hydrogens (tertiary/aromatic N) is 3. The standard InChI is InChI=1S/C16H23N3O3/c1-2-21-11-13-10-16(12-22-13)4-8-19(9-5-16)15(20)14-17-6-3-7-18-14/h3,6-7,13H,2,4-5,8-12H2,1H3/t13-/m0/s1. The van der Waals surface area contributed by atoms with Gasteiger partial charge in [-0.3, -0.25) is 4.79 Å². The van der Waals surface area contributed by atoms with Crippen LogP contribution in [0.5, 0.6) is 0 Å². The number of carbonyl (C=O) groups is 1. The summed E-state index contributed by atoms with van der Waals surface area (Å²) in [5, 5.41) is 0. The van der Waals surface area contributed by atoms with Crippen LogP contribution < -0.4 is 0 Å². The highest BCUT2D eigenvalue weighted by Gasteiger charge is 2.43. The molecule has 1 aromatic heterocycles. The van der Waals surface area contributed by atoms with E-state index in [1.807, 2.05) is 11.8 Å². The van der Waals surface area contributed by atoms with E-state index in [1.165, 1.54) is 0 Å². The summed E-state index contributed by atoms with van der Waals surface area (Å²) in [6.07, 6.45) is 6.42. The molecule has 0 aromatic carbocycles. The molecule has 6 nitrogen and oxygen atoms in total. The summed E-state index contributed by atoms with van der Waals surface area (Å²) in [6.45, 7) is 5.70. The van der Waals surface area contributed by atoms with Crippen LogP contribution in [0, 0.1) is 5.41 Å². The van der Waals surface area contributed by atoms with Crippen molar-refractivity contribution in [1.82, 2.24) is 14.9 Å². The van der Waals surface area contributed by atoms with Crippen molar-refractivity contribution in [3.05, 3.63) is 24.3 Å². The quantitative estimate of drug-likeness (QED) is 0.844. The Kier molecular flexibility index (Phi) is 4.69. The lowest BCUT2D eigenvalue weighted by molar-refractivity contribution is 0.0159. The minimum atomic E-state index is -0.0692. The molecule has 22 heavy (non-hydrogen) atoms. The maximum atomic E-state index is 12.4. The predicted molar refractivity (Wildman–Crippen MR) is 80.5 cm³/mol. The molecule has 2 aliphatic rings. The maximum Gasteiger partial charge on any atom is 0.291 e.